The Bertz CT molecular complexity index is 142. The molecule has 0 aromatic rings. The van der Waals surface area contributed by atoms with E-state index in [-0.39, 0.29) is 0 Å². The smallest absolute Gasteiger partial charge is 0.0210 e. The fraction of sp³-hybridized carbons (Fsp3) is 1.00. The van der Waals surface area contributed by atoms with Crippen molar-refractivity contribution in [2.45, 2.75) is 64.2 Å². The Morgan fingerprint density at radius 3 is 1.32 bits per heavy atom. The van der Waals surface area contributed by atoms with Gasteiger partial charge >= 0.3 is 0 Å². The first-order valence-electron chi connectivity index (χ1n) is 7.54. The molecule has 0 N–H and O–H groups in total. The molecule has 0 spiro atoms. The maximum absolute atomic E-state index is 5.50. The molecule has 0 rings (SSSR count). The van der Waals surface area contributed by atoms with E-state index < -0.39 is 0 Å². The van der Waals surface area contributed by atoms with Gasteiger partial charge in [0.1, 0.15) is 0 Å². The summed E-state index contributed by atoms with van der Waals surface area (Å²) >= 11 is 11.7. The third kappa shape index (κ3) is 19.4. The van der Waals surface area contributed by atoms with E-state index >= 15 is 0 Å². The Hall–Kier alpha value is 1.36. The molecule has 0 aliphatic carbocycles. The minimum absolute atomic E-state index is 1.03. The molecule has 0 fully saturated rings. The number of unbranched alkanes of at least 4 members (excludes halogenated alkanes) is 8. The minimum Gasteiger partial charge on any atom is -0.247 e. The highest BCUT2D eigenvalue weighted by Crippen LogP contribution is 2.19. The molecular weight excluding hydrogens is 312 g/mol. The van der Waals surface area contributed by atoms with Crippen LogP contribution in [0.4, 0.5) is 0 Å². The molecule has 0 unspecified atom stereocenters. The monoisotopic (exact) mass is 342 g/mol. The topological polar surface area (TPSA) is 9.23 Å². The van der Waals surface area contributed by atoms with Crippen molar-refractivity contribution in [1.29, 1.82) is 0 Å². The second kappa shape index (κ2) is 19.4. The lowest BCUT2D eigenvalue weighted by molar-refractivity contribution is 0.652. The van der Waals surface area contributed by atoms with Gasteiger partial charge in [-0.25, -0.2) is 3.63 Å². The van der Waals surface area contributed by atoms with Gasteiger partial charge in [0, 0.05) is 35.6 Å². The molecule has 116 valence electrons. The van der Waals surface area contributed by atoms with Gasteiger partial charge in [0.2, 0.25) is 0 Å². The van der Waals surface area contributed by atoms with Crippen LogP contribution in [0.5, 0.6) is 0 Å². The predicted octanol–water partition coefficient (Wildman–Crippen LogP) is 6.06. The summed E-state index contributed by atoms with van der Waals surface area (Å²) in [5.74, 6) is 4.33. The van der Waals surface area contributed by atoms with Crippen molar-refractivity contribution in [2.24, 2.45) is 0 Å². The highest BCUT2D eigenvalue weighted by Gasteiger charge is 1.95. The SMILES string of the molecule is SCCCCCCCSOSCCCCCCCS. The lowest BCUT2D eigenvalue weighted by atomic mass is 10.2. The van der Waals surface area contributed by atoms with Gasteiger partial charge in [0.25, 0.3) is 0 Å². The van der Waals surface area contributed by atoms with Crippen LogP contribution in [0.25, 0.3) is 0 Å². The van der Waals surface area contributed by atoms with Crippen LogP contribution in [-0.4, -0.2) is 23.0 Å². The Labute approximate surface area is 140 Å². The lowest BCUT2D eigenvalue weighted by Gasteiger charge is -2.02. The molecule has 0 saturated heterocycles. The zero-order valence-electron chi connectivity index (χ0n) is 12.0. The summed E-state index contributed by atoms with van der Waals surface area (Å²) in [6.45, 7) is 0. The normalized spacial score (nSPS) is 11.1. The van der Waals surface area contributed by atoms with Crippen LogP contribution >= 0.6 is 49.3 Å². The van der Waals surface area contributed by atoms with Gasteiger partial charge in [-0.3, -0.25) is 0 Å². The van der Waals surface area contributed by atoms with Crippen molar-refractivity contribution < 1.29 is 3.63 Å². The molecule has 0 heterocycles. The van der Waals surface area contributed by atoms with E-state index in [9.17, 15) is 0 Å². The molecule has 0 aliphatic heterocycles. The average Bonchev–Trinajstić information content (AvgIpc) is 2.43. The van der Waals surface area contributed by atoms with Gasteiger partial charge in [-0.1, -0.05) is 38.5 Å². The van der Waals surface area contributed by atoms with E-state index in [4.69, 9.17) is 3.63 Å². The summed E-state index contributed by atoms with van der Waals surface area (Å²) in [6.07, 6.45) is 13.1. The van der Waals surface area contributed by atoms with Crippen LogP contribution < -0.4 is 0 Å². The summed E-state index contributed by atoms with van der Waals surface area (Å²) < 4.78 is 5.50. The molecule has 0 atom stereocenters. The van der Waals surface area contributed by atoms with Gasteiger partial charge in [-0.15, -0.1) is 0 Å². The van der Waals surface area contributed by atoms with Crippen molar-refractivity contribution in [2.75, 3.05) is 23.0 Å². The fourth-order valence-corrected chi connectivity index (χ4v) is 3.62. The summed E-state index contributed by atoms with van der Waals surface area (Å²) in [5.41, 5.74) is 0. The van der Waals surface area contributed by atoms with E-state index in [1.807, 2.05) is 0 Å². The summed E-state index contributed by atoms with van der Waals surface area (Å²) in [5, 5.41) is 0. The van der Waals surface area contributed by atoms with Gasteiger partial charge in [0.15, 0.2) is 0 Å². The Morgan fingerprint density at radius 1 is 0.526 bits per heavy atom. The lowest BCUT2D eigenvalue weighted by Crippen LogP contribution is -1.85. The molecule has 0 amide bonds. The highest BCUT2D eigenvalue weighted by atomic mass is 32.2. The van der Waals surface area contributed by atoms with Crippen LogP contribution in [0.3, 0.4) is 0 Å². The van der Waals surface area contributed by atoms with Crippen LogP contribution in [0.1, 0.15) is 64.2 Å². The zero-order valence-corrected chi connectivity index (χ0v) is 15.4. The maximum atomic E-state index is 5.50. The third-order valence-electron chi connectivity index (χ3n) is 2.87. The van der Waals surface area contributed by atoms with Crippen LogP contribution in [-0.2, 0) is 3.63 Å². The molecule has 0 aromatic carbocycles. The number of rotatable bonds is 16. The number of thiol groups is 2. The molecular formula is C14H30OS4. The summed E-state index contributed by atoms with van der Waals surface area (Å²) in [6, 6.07) is 0. The van der Waals surface area contributed by atoms with Gasteiger partial charge in [0.05, 0.1) is 0 Å². The van der Waals surface area contributed by atoms with E-state index in [2.05, 4.69) is 25.3 Å². The zero-order chi connectivity index (χ0) is 14.0. The molecule has 0 aliphatic rings. The number of hydrogen-bond acceptors (Lipinski definition) is 5. The summed E-state index contributed by atoms with van der Waals surface area (Å²) in [7, 11) is 0. The molecule has 1 nitrogen and oxygen atoms in total. The molecule has 0 radical (unpaired) electrons. The molecule has 0 aromatic heterocycles. The standard InChI is InChI=1S/C14H30OS4/c16-11-7-3-1-5-9-13-18-15-19-14-10-6-2-4-8-12-17/h16-17H,1-14H2. The first-order valence-corrected chi connectivity index (χ1v) is 10.6. The van der Waals surface area contributed by atoms with Crippen molar-refractivity contribution >= 4 is 49.3 Å². The maximum Gasteiger partial charge on any atom is 0.0210 e. The van der Waals surface area contributed by atoms with Crippen LogP contribution in [0.15, 0.2) is 0 Å². The van der Waals surface area contributed by atoms with E-state index in [0.29, 0.717) is 0 Å². The van der Waals surface area contributed by atoms with Crippen molar-refractivity contribution in [3.8, 4) is 0 Å². The minimum atomic E-state index is 1.03. The second-order valence-electron chi connectivity index (χ2n) is 4.69. The van der Waals surface area contributed by atoms with Gasteiger partial charge in [-0.2, -0.15) is 25.3 Å². The number of hydrogen-bond donors (Lipinski definition) is 2. The second-order valence-corrected chi connectivity index (χ2v) is 7.42. The van der Waals surface area contributed by atoms with Crippen molar-refractivity contribution in [3.63, 3.8) is 0 Å². The van der Waals surface area contributed by atoms with Crippen molar-refractivity contribution in [3.05, 3.63) is 0 Å². The molecule has 5 heteroatoms. The predicted molar refractivity (Wildman–Crippen MR) is 99.9 cm³/mol. The largest absolute Gasteiger partial charge is 0.247 e. The average molecular weight is 343 g/mol. The Morgan fingerprint density at radius 2 is 0.895 bits per heavy atom. The summed E-state index contributed by atoms with van der Waals surface area (Å²) in [4.78, 5) is 0. The van der Waals surface area contributed by atoms with Gasteiger partial charge in [-0.05, 0) is 37.2 Å². The quantitative estimate of drug-likeness (QED) is 0.200. The molecule has 0 saturated carbocycles. The van der Waals surface area contributed by atoms with E-state index in [0.717, 1.165) is 23.0 Å². The van der Waals surface area contributed by atoms with Gasteiger partial charge < -0.3 is 0 Å². The van der Waals surface area contributed by atoms with E-state index in [1.54, 1.807) is 24.1 Å². The Kier molecular flexibility index (Phi) is 20.7. The van der Waals surface area contributed by atoms with Crippen molar-refractivity contribution in [1.82, 2.24) is 0 Å². The molecule has 19 heavy (non-hydrogen) atoms. The van der Waals surface area contributed by atoms with E-state index in [1.165, 1.54) is 64.2 Å². The highest BCUT2D eigenvalue weighted by molar-refractivity contribution is 8.07. The first kappa shape index (κ1) is 20.4. The first-order chi connectivity index (χ1) is 9.41. The van der Waals surface area contributed by atoms with Crippen LogP contribution in [0.2, 0.25) is 0 Å². The van der Waals surface area contributed by atoms with Crippen LogP contribution in [0, 0.1) is 0 Å². The third-order valence-corrected chi connectivity index (χ3v) is 5.18. The molecule has 0 bridgehead atoms. The fourth-order valence-electron chi connectivity index (χ4n) is 1.71. The Balaban J connectivity index is 2.88.